The number of rotatable bonds is 5. The highest BCUT2D eigenvalue weighted by atomic mass is 35.5. The lowest BCUT2D eigenvalue weighted by molar-refractivity contribution is -0.117. The van der Waals surface area contributed by atoms with Crippen molar-refractivity contribution >= 4 is 35.6 Å². The van der Waals surface area contributed by atoms with Crippen molar-refractivity contribution < 1.29 is 9.59 Å². The lowest BCUT2D eigenvalue weighted by Gasteiger charge is -2.16. The van der Waals surface area contributed by atoms with E-state index in [0.29, 0.717) is 11.3 Å². The minimum Gasteiger partial charge on any atom is -0.398 e. The van der Waals surface area contributed by atoms with Gasteiger partial charge in [0.05, 0.1) is 11.6 Å². The largest absolute Gasteiger partial charge is 0.398 e. The van der Waals surface area contributed by atoms with Crippen molar-refractivity contribution in [2.75, 3.05) is 11.1 Å². The normalized spacial score (nSPS) is 14.1. The molecule has 132 valence electrons. The fourth-order valence-electron chi connectivity index (χ4n) is 2.51. The Balaban J connectivity index is 0.00000225. The Kier molecular flexibility index (Phi) is 6.04. The topological polar surface area (TPSA) is 84.2 Å². The Morgan fingerprint density at radius 3 is 2.32 bits per heavy atom. The number of para-hydroxylation sites is 1. The van der Waals surface area contributed by atoms with Crippen LogP contribution in [0.15, 0.2) is 48.5 Å². The molecule has 0 spiro atoms. The van der Waals surface area contributed by atoms with Crippen LogP contribution in [0, 0.1) is 5.92 Å². The number of benzene rings is 2. The average Bonchev–Trinajstić information content (AvgIpc) is 3.40. The fraction of sp³-hybridized carbons (Fsp3) is 0.263. The SMILES string of the molecule is CC(NC(=O)c1ccccc1N)c1ccc(NC(=O)C2CC2)cc1.Cl. The number of anilines is 2. The Morgan fingerprint density at radius 2 is 1.72 bits per heavy atom. The third-order valence-corrected chi connectivity index (χ3v) is 4.18. The molecule has 0 heterocycles. The van der Waals surface area contributed by atoms with E-state index in [4.69, 9.17) is 5.73 Å². The van der Waals surface area contributed by atoms with Gasteiger partial charge in [-0.15, -0.1) is 12.4 Å². The van der Waals surface area contributed by atoms with Gasteiger partial charge in [-0.25, -0.2) is 0 Å². The molecule has 3 rings (SSSR count). The number of hydrogen-bond acceptors (Lipinski definition) is 3. The summed E-state index contributed by atoms with van der Waals surface area (Å²) in [6.45, 7) is 1.91. The summed E-state index contributed by atoms with van der Waals surface area (Å²) >= 11 is 0. The van der Waals surface area contributed by atoms with Gasteiger partial charge < -0.3 is 16.4 Å². The van der Waals surface area contributed by atoms with Crippen LogP contribution in [-0.2, 0) is 4.79 Å². The molecule has 1 saturated carbocycles. The van der Waals surface area contributed by atoms with Crippen molar-refractivity contribution in [3.63, 3.8) is 0 Å². The van der Waals surface area contributed by atoms with Crippen molar-refractivity contribution in [1.82, 2.24) is 5.32 Å². The van der Waals surface area contributed by atoms with E-state index in [1.807, 2.05) is 31.2 Å². The Morgan fingerprint density at radius 1 is 1.08 bits per heavy atom. The van der Waals surface area contributed by atoms with Crippen molar-refractivity contribution in [3.8, 4) is 0 Å². The number of halogens is 1. The van der Waals surface area contributed by atoms with Crippen LogP contribution in [0.4, 0.5) is 11.4 Å². The maximum absolute atomic E-state index is 12.3. The third kappa shape index (κ3) is 4.73. The van der Waals surface area contributed by atoms with Crippen LogP contribution in [0.1, 0.15) is 41.7 Å². The van der Waals surface area contributed by atoms with Crippen LogP contribution in [0.3, 0.4) is 0 Å². The first kappa shape index (κ1) is 18.8. The molecule has 1 aliphatic carbocycles. The van der Waals surface area contributed by atoms with E-state index in [0.717, 1.165) is 24.1 Å². The molecule has 2 aromatic rings. The zero-order chi connectivity index (χ0) is 17.1. The first-order valence-corrected chi connectivity index (χ1v) is 8.11. The zero-order valence-electron chi connectivity index (χ0n) is 14.0. The summed E-state index contributed by atoms with van der Waals surface area (Å²) < 4.78 is 0. The van der Waals surface area contributed by atoms with Crippen LogP contribution >= 0.6 is 12.4 Å². The molecule has 1 atom stereocenters. The van der Waals surface area contributed by atoms with E-state index < -0.39 is 0 Å². The Hall–Kier alpha value is -2.53. The summed E-state index contributed by atoms with van der Waals surface area (Å²) in [5.41, 5.74) is 8.50. The number of carbonyl (C=O) groups is 2. The molecule has 1 fully saturated rings. The second-order valence-corrected chi connectivity index (χ2v) is 6.17. The van der Waals surface area contributed by atoms with Crippen LogP contribution < -0.4 is 16.4 Å². The highest BCUT2D eigenvalue weighted by molar-refractivity contribution is 5.99. The summed E-state index contributed by atoms with van der Waals surface area (Å²) in [6.07, 6.45) is 1.96. The van der Waals surface area contributed by atoms with Gasteiger partial charge in [-0.1, -0.05) is 24.3 Å². The molecule has 1 aliphatic rings. The molecule has 0 aliphatic heterocycles. The van der Waals surface area contributed by atoms with E-state index in [1.165, 1.54) is 0 Å². The van der Waals surface area contributed by atoms with E-state index in [1.54, 1.807) is 24.3 Å². The standard InChI is InChI=1S/C19H21N3O2.ClH/c1-12(21-19(24)16-4-2-3-5-17(16)20)13-8-10-15(11-9-13)22-18(23)14-6-7-14;/h2-5,8-12,14H,6-7,20H2,1H3,(H,21,24)(H,22,23);1H. The van der Waals surface area contributed by atoms with Gasteiger partial charge in [-0.2, -0.15) is 0 Å². The van der Waals surface area contributed by atoms with E-state index in [9.17, 15) is 9.59 Å². The van der Waals surface area contributed by atoms with Gasteiger partial charge in [0.15, 0.2) is 0 Å². The lowest BCUT2D eigenvalue weighted by Crippen LogP contribution is -2.27. The molecule has 1 unspecified atom stereocenters. The molecule has 0 bridgehead atoms. The average molecular weight is 360 g/mol. The smallest absolute Gasteiger partial charge is 0.253 e. The van der Waals surface area contributed by atoms with E-state index in [2.05, 4.69) is 10.6 Å². The van der Waals surface area contributed by atoms with E-state index >= 15 is 0 Å². The minimum absolute atomic E-state index is 0. The second kappa shape index (κ2) is 8.03. The Labute approximate surface area is 153 Å². The van der Waals surface area contributed by atoms with Crippen molar-refractivity contribution in [2.45, 2.75) is 25.8 Å². The van der Waals surface area contributed by atoms with Crippen molar-refractivity contribution in [1.29, 1.82) is 0 Å². The zero-order valence-corrected chi connectivity index (χ0v) is 14.8. The third-order valence-electron chi connectivity index (χ3n) is 4.18. The van der Waals surface area contributed by atoms with Crippen LogP contribution in [0.5, 0.6) is 0 Å². The number of amides is 2. The van der Waals surface area contributed by atoms with Crippen molar-refractivity contribution in [3.05, 3.63) is 59.7 Å². The number of hydrogen-bond donors (Lipinski definition) is 3. The molecule has 4 N–H and O–H groups in total. The Bertz CT molecular complexity index is 758. The summed E-state index contributed by atoms with van der Waals surface area (Å²) in [7, 11) is 0. The van der Waals surface area contributed by atoms with Gasteiger partial charge in [0.2, 0.25) is 5.91 Å². The predicted molar refractivity (Wildman–Crippen MR) is 102 cm³/mol. The highest BCUT2D eigenvalue weighted by Crippen LogP contribution is 2.30. The molecule has 2 aromatic carbocycles. The number of nitrogens with one attached hydrogen (secondary N) is 2. The molecule has 6 heteroatoms. The molecule has 0 saturated heterocycles. The molecule has 0 aromatic heterocycles. The van der Waals surface area contributed by atoms with Gasteiger partial charge in [0.25, 0.3) is 5.91 Å². The van der Waals surface area contributed by atoms with Gasteiger partial charge in [0.1, 0.15) is 0 Å². The summed E-state index contributed by atoms with van der Waals surface area (Å²) in [5.74, 6) is 0.0644. The van der Waals surface area contributed by atoms with Crippen LogP contribution in [0.25, 0.3) is 0 Å². The van der Waals surface area contributed by atoms with Gasteiger partial charge in [-0.05, 0) is 49.6 Å². The monoisotopic (exact) mass is 359 g/mol. The molecule has 2 amide bonds. The molecule has 5 nitrogen and oxygen atoms in total. The number of nitrogen functional groups attached to an aromatic ring is 1. The maximum atomic E-state index is 12.3. The highest BCUT2D eigenvalue weighted by Gasteiger charge is 2.29. The quantitative estimate of drug-likeness (QED) is 0.714. The second-order valence-electron chi connectivity index (χ2n) is 6.17. The lowest BCUT2D eigenvalue weighted by atomic mass is 10.1. The summed E-state index contributed by atoms with van der Waals surface area (Å²) in [6, 6.07) is 14.3. The van der Waals surface area contributed by atoms with E-state index in [-0.39, 0.29) is 36.2 Å². The first-order valence-electron chi connectivity index (χ1n) is 8.11. The van der Waals surface area contributed by atoms with Crippen LogP contribution in [-0.4, -0.2) is 11.8 Å². The van der Waals surface area contributed by atoms with Crippen molar-refractivity contribution in [2.24, 2.45) is 5.92 Å². The maximum Gasteiger partial charge on any atom is 0.253 e. The molecular weight excluding hydrogens is 338 g/mol. The van der Waals surface area contributed by atoms with Gasteiger partial charge >= 0.3 is 0 Å². The van der Waals surface area contributed by atoms with Crippen LogP contribution in [0.2, 0.25) is 0 Å². The number of carbonyl (C=O) groups excluding carboxylic acids is 2. The number of nitrogens with two attached hydrogens (primary N) is 1. The molecule has 0 radical (unpaired) electrons. The fourth-order valence-corrected chi connectivity index (χ4v) is 2.51. The summed E-state index contributed by atoms with van der Waals surface area (Å²) in [4.78, 5) is 24.0. The molecular formula is C19H22ClN3O2. The van der Waals surface area contributed by atoms with Gasteiger partial charge in [-0.3, -0.25) is 9.59 Å². The minimum atomic E-state index is -0.202. The predicted octanol–water partition coefficient (Wildman–Crippen LogP) is 3.53. The first-order chi connectivity index (χ1) is 11.5. The summed E-state index contributed by atoms with van der Waals surface area (Å²) in [5, 5.41) is 5.84. The molecule has 25 heavy (non-hydrogen) atoms. The van der Waals surface area contributed by atoms with Gasteiger partial charge in [0, 0.05) is 17.3 Å².